The predicted molar refractivity (Wildman–Crippen MR) is 68.7 cm³/mol. The van der Waals surface area contributed by atoms with Gasteiger partial charge >= 0.3 is 5.69 Å². The minimum atomic E-state index is -0.533. The monoisotopic (exact) mass is 259 g/mol. The van der Waals surface area contributed by atoms with Gasteiger partial charge in [-0.25, -0.2) is 4.79 Å². The van der Waals surface area contributed by atoms with Crippen molar-refractivity contribution in [1.82, 2.24) is 14.9 Å². The summed E-state index contributed by atoms with van der Waals surface area (Å²) in [6.07, 6.45) is 3.22. The van der Waals surface area contributed by atoms with Crippen LogP contribution in [0.2, 0.25) is 5.02 Å². The van der Waals surface area contributed by atoms with E-state index in [1.165, 1.54) is 10.8 Å². The molecule has 0 fully saturated rings. The lowest BCUT2D eigenvalue weighted by Crippen LogP contribution is -2.30. The Labute approximate surface area is 105 Å². The zero-order chi connectivity index (χ0) is 12.8. The summed E-state index contributed by atoms with van der Waals surface area (Å²) >= 11 is 5.65. The zero-order valence-electron chi connectivity index (χ0n) is 10.1. The van der Waals surface area contributed by atoms with Crippen LogP contribution in [0.1, 0.15) is 26.7 Å². The fraction of sp³-hybridized carbons (Fsp3) is 0.636. The number of hydrogen-bond donors (Lipinski definition) is 2. The van der Waals surface area contributed by atoms with Crippen LogP contribution in [-0.2, 0) is 6.54 Å². The molecule has 5 nitrogen and oxygen atoms in total. The Bertz CT molecular complexity index is 465. The Balaban J connectivity index is 2.45. The lowest BCUT2D eigenvalue weighted by Gasteiger charge is -2.08. The number of nitrogens with one attached hydrogen (secondary N) is 2. The normalized spacial score (nSPS) is 11.1. The van der Waals surface area contributed by atoms with Gasteiger partial charge in [0.15, 0.2) is 0 Å². The lowest BCUT2D eigenvalue weighted by atomic mass is 10.3. The molecule has 1 rings (SSSR count). The molecular weight excluding hydrogens is 242 g/mol. The van der Waals surface area contributed by atoms with E-state index < -0.39 is 11.2 Å². The Kier molecular flexibility index (Phi) is 5.44. The fourth-order valence-corrected chi connectivity index (χ4v) is 1.61. The highest BCUT2D eigenvalue weighted by Gasteiger charge is 2.01. The van der Waals surface area contributed by atoms with Crippen molar-refractivity contribution in [3.63, 3.8) is 0 Å². The van der Waals surface area contributed by atoms with Crippen molar-refractivity contribution in [2.24, 2.45) is 0 Å². The molecule has 0 aliphatic heterocycles. The Morgan fingerprint density at radius 1 is 1.41 bits per heavy atom. The highest BCUT2D eigenvalue weighted by molar-refractivity contribution is 6.30. The van der Waals surface area contributed by atoms with E-state index in [4.69, 9.17) is 11.6 Å². The number of aromatic amines is 1. The average molecular weight is 260 g/mol. The maximum absolute atomic E-state index is 11.4. The van der Waals surface area contributed by atoms with E-state index in [-0.39, 0.29) is 5.02 Å². The van der Waals surface area contributed by atoms with Gasteiger partial charge in [0.2, 0.25) is 0 Å². The summed E-state index contributed by atoms with van der Waals surface area (Å²) in [5, 5.41) is 3.34. The van der Waals surface area contributed by atoms with Crippen molar-refractivity contribution < 1.29 is 0 Å². The topological polar surface area (TPSA) is 66.9 Å². The number of hydrogen-bond acceptors (Lipinski definition) is 3. The Morgan fingerprint density at radius 3 is 2.76 bits per heavy atom. The van der Waals surface area contributed by atoms with Crippen LogP contribution in [0.4, 0.5) is 0 Å². The number of halogens is 1. The van der Waals surface area contributed by atoms with Gasteiger partial charge < -0.3 is 5.32 Å². The van der Waals surface area contributed by atoms with Crippen LogP contribution in [-0.4, -0.2) is 22.1 Å². The van der Waals surface area contributed by atoms with Gasteiger partial charge in [-0.3, -0.25) is 14.3 Å². The molecule has 1 heterocycles. The number of nitrogens with zero attached hydrogens (tertiary/aromatic N) is 1. The lowest BCUT2D eigenvalue weighted by molar-refractivity contribution is 0.522. The Hall–Kier alpha value is -1.07. The van der Waals surface area contributed by atoms with Gasteiger partial charge in [-0.2, -0.15) is 0 Å². The van der Waals surface area contributed by atoms with Gasteiger partial charge in [-0.1, -0.05) is 25.4 Å². The molecule has 0 saturated heterocycles. The quantitative estimate of drug-likeness (QED) is 0.748. The van der Waals surface area contributed by atoms with Gasteiger partial charge in [-0.15, -0.1) is 0 Å². The molecule has 0 aromatic carbocycles. The van der Waals surface area contributed by atoms with E-state index in [0.717, 1.165) is 19.4 Å². The van der Waals surface area contributed by atoms with Gasteiger partial charge in [-0.05, 0) is 19.4 Å². The summed E-state index contributed by atoms with van der Waals surface area (Å²) in [5.74, 6) is 0. The number of aromatic nitrogens is 2. The summed E-state index contributed by atoms with van der Waals surface area (Å²) in [7, 11) is 0. The second-order valence-corrected chi connectivity index (χ2v) is 4.65. The number of H-pyrrole nitrogens is 1. The third-order valence-electron chi connectivity index (χ3n) is 2.35. The van der Waals surface area contributed by atoms with Crippen LogP contribution < -0.4 is 16.6 Å². The first-order valence-electron chi connectivity index (χ1n) is 5.73. The molecule has 17 heavy (non-hydrogen) atoms. The molecule has 0 unspecified atom stereocenters. The van der Waals surface area contributed by atoms with Crippen molar-refractivity contribution in [1.29, 1.82) is 0 Å². The van der Waals surface area contributed by atoms with E-state index in [2.05, 4.69) is 24.1 Å². The van der Waals surface area contributed by atoms with Crippen molar-refractivity contribution in [2.75, 3.05) is 6.54 Å². The fourth-order valence-electron chi connectivity index (χ4n) is 1.45. The molecule has 0 amide bonds. The molecule has 2 N–H and O–H groups in total. The number of rotatable bonds is 6. The zero-order valence-corrected chi connectivity index (χ0v) is 10.9. The number of unbranched alkanes of at least 4 members (excludes halogenated alkanes) is 1. The predicted octanol–water partition coefficient (Wildman–Crippen LogP) is 0.968. The highest BCUT2D eigenvalue weighted by Crippen LogP contribution is 1.98. The molecular formula is C11H18ClN3O2. The third-order valence-corrected chi connectivity index (χ3v) is 2.62. The van der Waals surface area contributed by atoms with Crippen LogP contribution in [0.15, 0.2) is 15.8 Å². The first-order valence-corrected chi connectivity index (χ1v) is 6.11. The Morgan fingerprint density at radius 2 is 2.12 bits per heavy atom. The van der Waals surface area contributed by atoms with E-state index in [9.17, 15) is 9.59 Å². The molecule has 0 bridgehead atoms. The maximum atomic E-state index is 11.4. The van der Waals surface area contributed by atoms with Crippen LogP contribution in [0.5, 0.6) is 0 Å². The van der Waals surface area contributed by atoms with Gasteiger partial charge in [0.05, 0.1) is 0 Å². The molecule has 6 heteroatoms. The van der Waals surface area contributed by atoms with Crippen LogP contribution in [0, 0.1) is 0 Å². The minimum Gasteiger partial charge on any atom is -0.315 e. The number of aryl methyl sites for hydroxylation is 1. The largest absolute Gasteiger partial charge is 0.328 e. The average Bonchev–Trinajstić information content (AvgIpc) is 2.24. The molecule has 1 aromatic heterocycles. The van der Waals surface area contributed by atoms with Gasteiger partial charge in [0, 0.05) is 18.8 Å². The molecule has 0 atom stereocenters. The molecule has 96 valence electrons. The van der Waals surface area contributed by atoms with Crippen molar-refractivity contribution in [3.8, 4) is 0 Å². The molecule has 0 spiro atoms. The summed E-state index contributed by atoms with van der Waals surface area (Å²) < 4.78 is 1.43. The highest BCUT2D eigenvalue weighted by atomic mass is 35.5. The summed E-state index contributed by atoms with van der Waals surface area (Å²) in [6.45, 7) is 5.66. The minimum absolute atomic E-state index is 0.0462. The van der Waals surface area contributed by atoms with Crippen LogP contribution in [0.25, 0.3) is 0 Å². The van der Waals surface area contributed by atoms with Gasteiger partial charge in [0.25, 0.3) is 5.56 Å². The SMILES string of the molecule is CC(C)NCCCCn1cc(Cl)c(=O)[nH]c1=O. The van der Waals surface area contributed by atoms with E-state index >= 15 is 0 Å². The summed E-state index contributed by atoms with van der Waals surface area (Å²) in [6, 6.07) is 0.472. The second-order valence-electron chi connectivity index (χ2n) is 4.25. The third kappa shape index (κ3) is 4.75. The summed E-state index contributed by atoms with van der Waals surface area (Å²) in [5.41, 5.74) is -0.939. The first kappa shape index (κ1) is 14.0. The smallest absolute Gasteiger partial charge is 0.315 e. The van der Waals surface area contributed by atoms with E-state index in [1.54, 1.807) is 0 Å². The molecule has 0 aliphatic rings. The molecule has 0 radical (unpaired) electrons. The molecule has 0 aliphatic carbocycles. The van der Waals surface area contributed by atoms with E-state index in [1.807, 2.05) is 0 Å². The molecule has 1 aromatic rings. The standard InChI is InChI=1S/C11H18ClN3O2/c1-8(2)13-5-3-4-6-15-7-9(12)10(16)14-11(15)17/h7-8,13H,3-6H2,1-2H3,(H,14,16,17). The van der Waals surface area contributed by atoms with Crippen molar-refractivity contribution >= 4 is 11.6 Å². The second kappa shape index (κ2) is 6.61. The molecule has 0 saturated carbocycles. The van der Waals surface area contributed by atoms with Crippen LogP contribution >= 0.6 is 11.6 Å². The van der Waals surface area contributed by atoms with E-state index in [0.29, 0.717) is 12.6 Å². The van der Waals surface area contributed by atoms with Crippen molar-refractivity contribution in [3.05, 3.63) is 32.1 Å². The summed E-state index contributed by atoms with van der Waals surface area (Å²) in [4.78, 5) is 24.6. The van der Waals surface area contributed by atoms with Crippen molar-refractivity contribution in [2.45, 2.75) is 39.3 Å². The maximum Gasteiger partial charge on any atom is 0.328 e. The van der Waals surface area contributed by atoms with Gasteiger partial charge in [0.1, 0.15) is 5.02 Å². The first-order chi connectivity index (χ1) is 8.00. The van der Waals surface area contributed by atoms with Crippen LogP contribution in [0.3, 0.4) is 0 Å².